The molecule has 4 rings (SSSR count). The average molecular weight is 511 g/mol. The van der Waals surface area contributed by atoms with Crippen LogP contribution in [0.3, 0.4) is 0 Å². The predicted octanol–water partition coefficient (Wildman–Crippen LogP) is 4.34. The summed E-state index contributed by atoms with van der Waals surface area (Å²) in [6.45, 7) is 7.22. The summed E-state index contributed by atoms with van der Waals surface area (Å²) in [6, 6.07) is 17.4. The van der Waals surface area contributed by atoms with Gasteiger partial charge in [-0.3, -0.25) is 0 Å². The molecule has 0 saturated heterocycles. The number of rotatable bonds is 2. The van der Waals surface area contributed by atoms with Crippen molar-refractivity contribution in [1.29, 1.82) is 0 Å². The van der Waals surface area contributed by atoms with Crippen LogP contribution in [0.2, 0.25) is 0 Å². The van der Waals surface area contributed by atoms with Gasteiger partial charge in [-0.05, 0) is 83.6 Å². The van der Waals surface area contributed by atoms with Gasteiger partial charge in [-0.25, -0.2) is 16.8 Å². The van der Waals surface area contributed by atoms with E-state index in [1.165, 1.54) is 12.1 Å². The second kappa shape index (κ2) is 10.4. The van der Waals surface area contributed by atoms with Gasteiger partial charge in [-0.1, -0.05) is 48.5 Å². The second-order valence-corrected chi connectivity index (χ2v) is 10.3. The third-order valence-electron chi connectivity index (χ3n) is 5.54. The molecule has 0 fully saturated rings. The maximum atomic E-state index is 11.0. The fourth-order valence-electron chi connectivity index (χ4n) is 3.83. The van der Waals surface area contributed by atoms with Crippen molar-refractivity contribution >= 4 is 79.5 Å². The Kier molecular flexibility index (Phi) is 8.73. The molecule has 0 bridgehead atoms. The van der Waals surface area contributed by atoms with Gasteiger partial charge in [0.15, 0.2) is 0 Å². The summed E-state index contributed by atoms with van der Waals surface area (Å²) in [5.41, 5.74) is 3.18. The van der Waals surface area contributed by atoms with Gasteiger partial charge in [0.2, 0.25) is 0 Å². The molecular formula is C24H22CaO6S2. The van der Waals surface area contributed by atoms with Crippen molar-refractivity contribution in [2.24, 2.45) is 0 Å². The van der Waals surface area contributed by atoms with Gasteiger partial charge in [-0.15, -0.1) is 0 Å². The van der Waals surface area contributed by atoms with Crippen molar-refractivity contribution in [1.82, 2.24) is 0 Å². The molecule has 0 amide bonds. The SMILES string of the molecule is Cc1cccc2c(C)c(S(=O)(=O)[O-])ccc12.Cc1cccc2c(C)c(S(=O)(=O)[O-])ccc12.[Ca+2]. The van der Waals surface area contributed by atoms with Crippen molar-refractivity contribution in [3.05, 3.63) is 82.9 Å². The Labute approximate surface area is 224 Å². The summed E-state index contributed by atoms with van der Waals surface area (Å²) in [4.78, 5) is -0.267. The molecule has 9 heteroatoms. The number of hydrogen-bond donors (Lipinski definition) is 0. The average Bonchev–Trinajstić information content (AvgIpc) is 2.68. The first-order chi connectivity index (χ1) is 14.8. The summed E-state index contributed by atoms with van der Waals surface area (Å²) in [6.07, 6.45) is 0. The van der Waals surface area contributed by atoms with E-state index in [0.717, 1.165) is 32.7 Å². The van der Waals surface area contributed by atoms with Crippen LogP contribution in [-0.4, -0.2) is 63.7 Å². The van der Waals surface area contributed by atoms with Gasteiger partial charge in [0.05, 0.1) is 9.79 Å². The topological polar surface area (TPSA) is 114 Å². The van der Waals surface area contributed by atoms with Crippen LogP contribution in [-0.2, 0) is 20.2 Å². The number of benzene rings is 4. The first-order valence-electron chi connectivity index (χ1n) is 9.72. The zero-order valence-corrected chi connectivity index (χ0v) is 22.6. The summed E-state index contributed by atoms with van der Waals surface area (Å²) in [7, 11) is -8.78. The maximum Gasteiger partial charge on any atom is 2.00 e. The maximum absolute atomic E-state index is 11.0. The Balaban J connectivity index is 0.000000227. The Morgan fingerprint density at radius 3 is 1.15 bits per heavy atom. The third kappa shape index (κ3) is 5.95. The van der Waals surface area contributed by atoms with E-state index in [9.17, 15) is 25.9 Å². The van der Waals surface area contributed by atoms with E-state index < -0.39 is 20.2 Å². The quantitative estimate of drug-likeness (QED) is 0.293. The molecule has 6 nitrogen and oxygen atoms in total. The van der Waals surface area contributed by atoms with Crippen LogP contribution in [0.1, 0.15) is 22.3 Å². The normalized spacial score (nSPS) is 11.6. The van der Waals surface area contributed by atoms with Crippen LogP contribution in [0.4, 0.5) is 0 Å². The molecule has 4 aromatic rings. The largest absolute Gasteiger partial charge is 2.00 e. The van der Waals surface area contributed by atoms with Crippen LogP contribution in [0, 0.1) is 27.7 Å². The van der Waals surface area contributed by atoms with Gasteiger partial charge in [-0.2, -0.15) is 0 Å². The fraction of sp³-hybridized carbons (Fsp3) is 0.167. The number of hydrogen-bond acceptors (Lipinski definition) is 6. The van der Waals surface area contributed by atoms with Crippen molar-refractivity contribution < 1.29 is 25.9 Å². The van der Waals surface area contributed by atoms with Crippen LogP contribution in [0.5, 0.6) is 0 Å². The minimum absolute atomic E-state index is 0. The second-order valence-electron chi connectivity index (χ2n) is 7.63. The van der Waals surface area contributed by atoms with Crippen molar-refractivity contribution in [3.63, 3.8) is 0 Å². The van der Waals surface area contributed by atoms with Gasteiger partial charge in [0, 0.05) is 0 Å². The van der Waals surface area contributed by atoms with Crippen molar-refractivity contribution in [2.75, 3.05) is 0 Å². The molecule has 33 heavy (non-hydrogen) atoms. The summed E-state index contributed by atoms with van der Waals surface area (Å²) >= 11 is 0. The molecule has 0 aliphatic carbocycles. The van der Waals surface area contributed by atoms with Crippen LogP contribution < -0.4 is 0 Å². The molecule has 0 unspecified atom stereocenters. The summed E-state index contributed by atoms with van der Waals surface area (Å²) in [5.74, 6) is 0. The fourth-order valence-corrected chi connectivity index (χ4v) is 5.27. The molecule has 168 valence electrons. The van der Waals surface area contributed by atoms with Crippen LogP contribution in [0.15, 0.2) is 70.5 Å². The minimum Gasteiger partial charge on any atom is -0.744 e. The molecule has 4 aromatic carbocycles. The molecule has 0 spiro atoms. The van der Waals surface area contributed by atoms with Crippen LogP contribution >= 0.6 is 0 Å². The van der Waals surface area contributed by atoms with Crippen LogP contribution in [0.25, 0.3) is 21.5 Å². The number of aryl methyl sites for hydroxylation is 4. The molecule has 0 atom stereocenters. The smallest absolute Gasteiger partial charge is 0.744 e. The predicted molar refractivity (Wildman–Crippen MR) is 129 cm³/mol. The zero-order valence-electron chi connectivity index (χ0n) is 18.7. The molecule has 0 aromatic heterocycles. The minimum atomic E-state index is -4.39. The first-order valence-corrected chi connectivity index (χ1v) is 12.5. The van der Waals surface area contributed by atoms with Gasteiger partial charge < -0.3 is 9.11 Å². The molecule has 0 N–H and O–H groups in total. The molecule has 0 aliphatic rings. The van der Waals surface area contributed by atoms with E-state index in [0.29, 0.717) is 11.1 Å². The van der Waals surface area contributed by atoms with E-state index in [1.807, 2.05) is 50.2 Å². The van der Waals surface area contributed by atoms with E-state index in [4.69, 9.17) is 0 Å². The zero-order chi connectivity index (χ0) is 23.8. The molecule has 0 aliphatic heterocycles. The van der Waals surface area contributed by atoms with Gasteiger partial charge >= 0.3 is 37.7 Å². The Morgan fingerprint density at radius 2 is 0.848 bits per heavy atom. The Hall–Kier alpha value is -1.52. The molecular weight excluding hydrogens is 488 g/mol. The molecule has 0 saturated carbocycles. The van der Waals surface area contributed by atoms with Crippen molar-refractivity contribution in [3.8, 4) is 0 Å². The summed E-state index contributed by atoms with van der Waals surface area (Å²) in [5, 5.41) is 3.59. The molecule has 0 radical (unpaired) electrons. The van der Waals surface area contributed by atoms with Gasteiger partial charge in [0.25, 0.3) is 0 Å². The first kappa shape index (κ1) is 27.7. The van der Waals surface area contributed by atoms with E-state index in [1.54, 1.807) is 26.0 Å². The number of fused-ring (bicyclic) bond motifs is 2. The molecule has 0 heterocycles. The summed E-state index contributed by atoms with van der Waals surface area (Å²) < 4.78 is 66.2. The van der Waals surface area contributed by atoms with E-state index >= 15 is 0 Å². The Bertz CT molecular complexity index is 1440. The standard InChI is InChI=1S/2C12H12O3S.Ca/c2*1-8-4-3-5-11-9(2)12(16(13,14)15)7-6-10(8)11;/h2*3-7H,1-2H3,(H,13,14,15);/q;;+2/p-2. The van der Waals surface area contributed by atoms with E-state index in [2.05, 4.69) is 0 Å². The Morgan fingerprint density at radius 1 is 0.515 bits per heavy atom. The van der Waals surface area contributed by atoms with Crippen molar-refractivity contribution in [2.45, 2.75) is 37.5 Å². The monoisotopic (exact) mass is 510 g/mol. The third-order valence-corrected chi connectivity index (χ3v) is 7.50. The van der Waals surface area contributed by atoms with E-state index in [-0.39, 0.29) is 47.5 Å². The van der Waals surface area contributed by atoms with Gasteiger partial charge in [0.1, 0.15) is 20.2 Å².